The van der Waals surface area contributed by atoms with E-state index < -0.39 is 0 Å². The van der Waals surface area contributed by atoms with Crippen LogP contribution in [-0.2, 0) is 0 Å². The Kier molecular flexibility index (Phi) is 1.83. The topological polar surface area (TPSA) is 63.6 Å². The normalized spacial score (nSPS) is 17.6. The zero-order chi connectivity index (χ0) is 10.3. The van der Waals surface area contributed by atoms with Gasteiger partial charge in [-0.1, -0.05) is 12.8 Å². The number of aromatic nitrogens is 4. The first-order valence-electron chi connectivity index (χ1n) is 5.27. The van der Waals surface area contributed by atoms with E-state index in [-0.39, 0.29) is 5.69 Å². The van der Waals surface area contributed by atoms with Crippen LogP contribution in [0.25, 0.3) is 11.2 Å². The third kappa shape index (κ3) is 1.35. The molecule has 5 nitrogen and oxygen atoms in total. The van der Waals surface area contributed by atoms with Gasteiger partial charge in [0.1, 0.15) is 5.52 Å². The quantitative estimate of drug-likeness (QED) is 0.760. The molecule has 78 valence electrons. The van der Waals surface area contributed by atoms with E-state index >= 15 is 0 Å². The smallest absolute Gasteiger partial charge is 0.342 e. The molecule has 0 unspecified atom stereocenters. The van der Waals surface area contributed by atoms with Gasteiger partial charge in [-0.05, 0) is 12.8 Å². The van der Waals surface area contributed by atoms with Crippen LogP contribution in [0.5, 0.6) is 0 Å². The molecule has 0 bridgehead atoms. The minimum atomic E-state index is -0.179. The Hall–Kier alpha value is -1.65. The summed E-state index contributed by atoms with van der Waals surface area (Å²) in [6, 6.07) is 0.331. The number of nitrogens with one attached hydrogen (secondary N) is 1. The van der Waals surface area contributed by atoms with Crippen molar-refractivity contribution in [2.45, 2.75) is 31.7 Å². The van der Waals surface area contributed by atoms with Crippen molar-refractivity contribution in [1.29, 1.82) is 0 Å². The van der Waals surface area contributed by atoms with Gasteiger partial charge in [-0.3, -0.25) is 4.57 Å². The van der Waals surface area contributed by atoms with E-state index in [4.69, 9.17) is 0 Å². The maximum Gasteiger partial charge on any atom is 0.349 e. The van der Waals surface area contributed by atoms with Crippen molar-refractivity contribution in [2.75, 3.05) is 0 Å². The van der Waals surface area contributed by atoms with Gasteiger partial charge < -0.3 is 4.98 Å². The van der Waals surface area contributed by atoms with E-state index in [1.54, 1.807) is 10.9 Å². The highest BCUT2D eigenvalue weighted by molar-refractivity contribution is 5.67. The number of imidazole rings is 1. The van der Waals surface area contributed by atoms with Gasteiger partial charge in [-0.2, -0.15) is 4.98 Å². The van der Waals surface area contributed by atoms with Gasteiger partial charge in [0.2, 0.25) is 0 Å². The van der Waals surface area contributed by atoms with Crippen molar-refractivity contribution >= 4 is 11.2 Å². The lowest BCUT2D eigenvalue weighted by Gasteiger charge is -2.11. The maximum absolute atomic E-state index is 11.7. The fraction of sp³-hybridized carbons (Fsp3) is 0.500. The van der Waals surface area contributed by atoms with Gasteiger partial charge in [0.15, 0.2) is 5.65 Å². The fourth-order valence-electron chi connectivity index (χ4n) is 2.27. The van der Waals surface area contributed by atoms with Crippen LogP contribution in [-0.4, -0.2) is 19.5 Å². The summed E-state index contributed by atoms with van der Waals surface area (Å²) in [7, 11) is 0. The molecule has 0 aliphatic heterocycles. The Morgan fingerprint density at radius 1 is 1.40 bits per heavy atom. The molecule has 2 heterocycles. The van der Waals surface area contributed by atoms with Crippen LogP contribution < -0.4 is 5.69 Å². The first-order valence-corrected chi connectivity index (χ1v) is 5.27. The molecule has 0 spiro atoms. The molecule has 0 amide bonds. The number of hydrogen-bond donors (Lipinski definition) is 1. The molecule has 1 N–H and O–H groups in total. The van der Waals surface area contributed by atoms with E-state index in [9.17, 15) is 4.79 Å². The zero-order valence-electron chi connectivity index (χ0n) is 8.31. The lowest BCUT2D eigenvalue weighted by Crippen LogP contribution is -2.25. The molecule has 2 aromatic rings. The van der Waals surface area contributed by atoms with Crippen molar-refractivity contribution in [2.24, 2.45) is 0 Å². The zero-order valence-corrected chi connectivity index (χ0v) is 8.31. The lowest BCUT2D eigenvalue weighted by molar-refractivity contribution is 0.495. The third-order valence-corrected chi connectivity index (χ3v) is 3.06. The van der Waals surface area contributed by atoms with E-state index in [0.717, 1.165) is 18.4 Å². The number of aromatic amines is 1. The monoisotopic (exact) mass is 204 g/mol. The van der Waals surface area contributed by atoms with Crippen molar-refractivity contribution < 1.29 is 0 Å². The van der Waals surface area contributed by atoms with Crippen molar-refractivity contribution in [1.82, 2.24) is 19.5 Å². The Balaban J connectivity index is 2.16. The highest BCUT2D eigenvalue weighted by atomic mass is 16.1. The maximum atomic E-state index is 11.7. The van der Waals surface area contributed by atoms with Crippen LogP contribution in [0.15, 0.2) is 17.3 Å². The SMILES string of the molecule is O=c1nc2nc[nH]c2cn1C1CCCC1. The first-order chi connectivity index (χ1) is 7.34. The average Bonchev–Trinajstić information content (AvgIpc) is 2.85. The molecule has 1 saturated carbocycles. The number of rotatable bonds is 1. The summed E-state index contributed by atoms with van der Waals surface area (Å²) >= 11 is 0. The molecular formula is C10H12N4O. The molecule has 1 aliphatic rings. The standard InChI is InChI=1S/C10H12N4O/c15-10-13-9-8(11-6-12-9)5-14(10)7-3-1-2-4-7/h5-7H,1-4H2,(H,11,12,13,15). The van der Waals surface area contributed by atoms with Crippen LogP contribution >= 0.6 is 0 Å². The van der Waals surface area contributed by atoms with E-state index in [1.165, 1.54) is 12.8 Å². The average molecular weight is 204 g/mol. The van der Waals surface area contributed by atoms with Gasteiger partial charge in [-0.25, -0.2) is 9.78 Å². The van der Waals surface area contributed by atoms with Crippen LogP contribution in [0.1, 0.15) is 31.7 Å². The van der Waals surface area contributed by atoms with E-state index in [2.05, 4.69) is 15.0 Å². The van der Waals surface area contributed by atoms with Gasteiger partial charge >= 0.3 is 5.69 Å². The molecule has 5 heteroatoms. The van der Waals surface area contributed by atoms with Crippen molar-refractivity contribution in [3.8, 4) is 0 Å². The largest absolute Gasteiger partial charge is 0.349 e. The summed E-state index contributed by atoms with van der Waals surface area (Å²) < 4.78 is 1.74. The van der Waals surface area contributed by atoms with E-state index in [0.29, 0.717) is 11.7 Å². The molecule has 2 aromatic heterocycles. The second-order valence-electron chi connectivity index (χ2n) is 4.01. The Bertz CT molecular complexity index is 536. The summed E-state index contributed by atoms with van der Waals surface area (Å²) in [5.41, 5.74) is 1.16. The third-order valence-electron chi connectivity index (χ3n) is 3.06. The molecule has 1 aliphatic carbocycles. The Labute approximate surface area is 86.2 Å². The highest BCUT2D eigenvalue weighted by Crippen LogP contribution is 2.28. The minimum Gasteiger partial charge on any atom is -0.342 e. The second-order valence-corrected chi connectivity index (χ2v) is 4.01. The number of H-pyrrole nitrogens is 1. The first kappa shape index (κ1) is 8.64. The fourth-order valence-corrected chi connectivity index (χ4v) is 2.27. The van der Waals surface area contributed by atoms with Gasteiger partial charge in [0.05, 0.1) is 6.33 Å². The lowest BCUT2D eigenvalue weighted by atomic mass is 10.2. The molecule has 15 heavy (non-hydrogen) atoms. The summed E-state index contributed by atoms with van der Waals surface area (Å²) in [5.74, 6) is 0. The predicted molar refractivity (Wildman–Crippen MR) is 55.7 cm³/mol. The van der Waals surface area contributed by atoms with Gasteiger partial charge in [0.25, 0.3) is 0 Å². The second kappa shape index (κ2) is 3.18. The summed E-state index contributed by atoms with van der Waals surface area (Å²) in [5, 5.41) is 0. The number of fused-ring (bicyclic) bond motifs is 1. The highest BCUT2D eigenvalue weighted by Gasteiger charge is 2.18. The molecule has 0 radical (unpaired) electrons. The molecule has 3 rings (SSSR count). The van der Waals surface area contributed by atoms with Crippen LogP contribution in [0.2, 0.25) is 0 Å². The van der Waals surface area contributed by atoms with Crippen LogP contribution in [0.3, 0.4) is 0 Å². The van der Waals surface area contributed by atoms with E-state index in [1.807, 2.05) is 6.20 Å². The van der Waals surface area contributed by atoms with Gasteiger partial charge in [0, 0.05) is 12.2 Å². The summed E-state index contributed by atoms with van der Waals surface area (Å²) in [6.07, 6.45) is 7.99. The predicted octanol–water partition coefficient (Wildman–Crippen LogP) is 1.23. The van der Waals surface area contributed by atoms with Gasteiger partial charge in [-0.15, -0.1) is 0 Å². The summed E-state index contributed by atoms with van der Waals surface area (Å²) in [4.78, 5) is 22.6. The van der Waals surface area contributed by atoms with Crippen molar-refractivity contribution in [3.63, 3.8) is 0 Å². The minimum absolute atomic E-state index is 0.179. The molecule has 0 atom stereocenters. The number of hydrogen-bond acceptors (Lipinski definition) is 3. The Morgan fingerprint density at radius 2 is 2.20 bits per heavy atom. The molecular weight excluding hydrogens is 192 g/mol. The van der Waals surface area contributed by atoms with Crippen molar-refractivity contribution in [3.05, 3.63) is 23.0 Å². The molecule has 0 saturated heterocycles. The molecule has 1 fully saturated rings. The molecule has 0 aromatic carbocycles. The summed E-state index contributed by atoms with van der Waals surface area (Å²) in [6.45, 7) is 0. The van der Waals surface area contributed by atoms with Crippen LogP contribution in [0.4, 0.5) is 0 Å². The number of nitrogens with zero attached hydrogens (tertiary/aromatic N) is 3. The Morgan fingerprint density at radius 3 is 3.00 bits per heavy atom. The van der Waals surface area contributed by atoms with Crippen LogP contribution in [0, 0.1) is 0 Å².